The van der Waals surface area contributed by atoms with Gasteiger partial charge in [0.2, 0.25) is 11.6 Å². The smallest absolute Gasteiger partial charge is 0.298 e. The van der Waals surface area contributed by atoms with Crippen molar-refractivity contribution in [1.82, 2.24) is 29.1 Å². The van der Waals surface area contributed by atoms with Crippen molar-refractivity contribution in [2.45, 2.75) is 57.9 Å². The van der Waals surface area contributed by atoms with Crippen LogP contribution in [0.4, 0.5) is 17.3 Å². The van der Waals surface area contributed by atoms with E-state index in [4.69, 9.17) is 4.98 Å². The second-order valence-electron chi connectivity index (χ2n) is 9.14. The Morgan fingerprint density at radius 3 is 2.45 bits per heavy atom. The molecule has 2 fully saturated rings. The zero-order valence-corrected chi connectivity index (χ0v) is 18.9. The molecule has 9 nitrogen and oxygen atoms in total. The van der Waals surface area contributed by atoms with Crippen molar-refractivity contribution in [2.24, 2.45) is 0 Å². The molecule has 33 heavy (non-hydrogen) atoms. The third-order valence-corrected chi connectivity index (χ3v) is 6.99. The molecule has 1 aliphatic carbocycles. The molecule has 2 aliphatic rings. The number of fused-ring (bicyclic) bond motifs is 3. The largest absolute Gasteiger partial charge is 0.372 e. The molecule has 0 amide bonds. The number of nitrogens with one attached hydrogen (secondary N) is 1. The second kappa shape index (κ2) is 8.13. The van der Waals surface area contributed by atoms with E-state index in [1.165, 1.54) is 24.9 Å². The fourth-order valence-electron chi connectivity index (χ4n) is 5.29. The Hall–Kier alpha value is -3.49. The summed E-state index contributed by atoms with van der Waals surface area (Å²) in [5, 5.41) is 11.6. The lowest BCUT2D eigenvalue weighted by Crippen LogP contribution is -2.29. The van der Waals surface area contributed by atoms with Gasteiger partial charge in [-0.05, 0) is 63.3 Å². The topological polar surface area (TPSA) is 93.2 Å². The SMILES string of the molecule is Cc1nnc2c(=O)n(C3CCCC3)c3nc(Nc4ccc(N5CCCCC5)cc4)ncc3n12. The van der Waals surface area contributed by atoms with E-state index in [9.17, 15) is 4.79 Å². The minimum Gasteiger partial charge on any atom is -0.372 e. The fraction of sp³-hybridized carbons (Fsp3) is 0.458. The van der Waals surface area contributed by atoms with Gasteiger partial charge in [-0.25, -0.2) is 4.98 Å². The highest BCUT2D eigenvalue weighted by molar-refractivity contribution is 5.75. The van der Waals surface area contributed by atoms with E-state index in [0.29, 0.717) is 23.1 Å². The Balaban J connectivity index is 1.39. The molecular formula is C24H28N8O. The van der Waals surface area contributed by atoms with E-state index in [-0.39, 0.29) is 11.6 Å². The van der Waals surface area contributed by atoms with Gasteiger partial charge in [-0.1, -0.05) is 12.8 Å². The Labute approximate surface area is 191 Å². The molecule has 170 valence electrons. The number of rotatable bonds is 4. The number of hydrogen-bond donors (Lipinski definition) is 1. The van der Waals surface area contributed by atoms with Crippen molar-refractivity contribution in [3.8, 4) is 0 Å². The number of benzene rings is 1. The summed E-state index contributed by atoms with van der Waals surface area (Å²) >= 11 is 0. The van der Waals surface area contributed by atoms with E-state index in [1.54, 1.807) is 10.6 Å². The van der Waals surface area contributed by atoms with E-state index in [2.05, 4.69) is 49.7 Å². The first-order chi connectivity index (χ1) is 16.2. The molecule has 9 heteroatoms. The van der Waals surface area contributed by atoms with Gasteiger partial charge in [0, 0.05) is 30.5 Å². The molecule has 4 aromatic rings. The van der Waals surface area contributed by atoms with Crippen molar-refractivity contribution in [1.29, 1.82) is 0 Å². The van der Waals surface area contributed by atoms with Gasteiger partial charge >= 0.3 is 0 Å². The summed E-state index contributed by atoms with van der Waals surface area (Å²) in [4.78, 5) is 25.2. The van der Waals surface area contributed by atoms with Crippen LogP contribution < -0.4 is 15.8 Å². The maximum Gasteiger partial charge on any atom is 0.298 e. The molecular weight excluding hydrogens is 416 g/mol. The Morgan fingerprint density at radius 1 is 0.939 bits per heavy atom. The van der Waals surface area contributed by atoms with E-state index >= 15 is 0 Å². The average Bonchev–Trinajstić information content (AvgIpc) is 3.51. The van der Waals surface area contributed by atoms with Crippen LogP contribution in [0.15, 0.2) is 35.3 Å². The first-order valence-electron chi connectivity index (χ1n) is 11.9. The van der Waals surface area contributed by atoms with Crippen LogP contribution in [-0.4, -0.2) is 42.2 Å². The second-order valence-corrected chi connectivity index (χ2v) is 9.14. The molecule has 1 saturated carbocycles. The van der Waals surface area contributed by atoms with Crippen LogP contribution >= 0.6 is 0 Å². The van der Waals surface area contributed by atoms with Gasteiger partial charge in [0.05, 0.1) is 6.20 Å². The molecule has 0 unspecified atom stereocenters. The van der Waals surface area contributed by atoms with Crippen LogP contribution in [0, 0.1) is 6.92 Å². The molecule has 0 bridgehead atoms. The lowest BCUT2D eigenvalue weighted by atomic mass is 10.1. The summed E-state index contributed by atoms with van der Waals surface area (Å²) in [6.45, 7) is 4.08. The lowest BCUT2D eigenvalue weighted by Gasteiger charge is -2.28. The number of hydrogen-bond acceptors (Lipinski definition) is 7. The average molecular weight is 445 g/mol. The van der Waals surface area contributed by atoms with Gasteiger partial charge in [0.1, 0.15) is 11.3 Å². The Kier molecular flexibility index (Phi) is 4.96. The van der Waals surface area contributed by atoms with E-state index in [0.717, 1.165) is 50.0 Å². The number of anilines is 3. The Bertz CT molecular complexity index is 1360. The van der Waals surface area contributed by atoms with Crippen LogP contribution in [-0.2, 0) is 0 Å². The van der Waals surface area contributed by atoms with Gasteiger partial charge in [-0.2, -0.15) is 4.98 Å². The molecule has 1 N–H and O–H groups in total. The number of nitrogens with zero attached hydrogens (tertiary/aromatic N) is 7. The molecule has 4 heterocycles. The summed E-state index contributed by atoms with van der Waals surface area (Å²) in [5.41, 5.74) is 3.76. The highest BCUT2D eigenvalue weighted by Crippen LogP contribution is 2.31. The van der Waals surface area contributed by atoms with E-state index < -0.39 is 0 Å². The quantitative estimate of drug-likeness (QED) is 0.509. The van der Waals surface area contributed by atoms with Gasteiger partial charge in [0.25, 0.3) is 5.56 Å². The third-order valence-electron chi connectivity index (χ3n) is 6.99. The van der Waals surface area contributed by atoms with Crippen molar-refractivity contribution < 1.29 is 0 Å². The minimum absolute atomic E-state index is 0.133. The molecule has 6 rings (SSSR count). The van der Waals surface area contributed by atoms with E-state index in [1.807, 2.05) is 11.5 Å². The van der Waals surface area contributed by atoms with Crippen LogP contribution in [0.3, 0.4) is 0 Å². The number of aromatic nitrogens is 6. The molecule has 3 aromatic heterocycles. The van der Waals surface area contributed by atoms with Crippen LogP contribution in [0.5, 0.6) is 0 Å². The monoisotopic (exact) mass is 444 g/mol. The minimum atomic E-state index is -0.134. The molecule has 0 spiro atoms. The van der Waals surface area contributed by atoms with Crippen LogP contribution in [0.1, 0.15) is 56.8 Å². The van der Waals surface area contributed by atoms with Crippen LogP contribution in [0.25, 0.3) is 16.8 Å². The van der Waals surface area contributed by atoms with Crippen molar-refractivity contribution in [3.63, 3.8) is 0 Å². The zero-order chi connectivity index (χ0) is 22.4. The third kappa shape index (κ3) is 3.51. The molecule has 0 atom stereocenters. The summed E-state index contributed by atoms with van der Waals surface area (Å²) < 4.78 is 3.58. The van der Waals surface area contributed by atoms with Gasteiger partial charge in [0.15, 0.2) is 5.65 Å². The molecule has 1 aromatic carbocycles. The number of aryl methyl sites for hydroxylation is 1. The van der Waals surface area contributed by atoms with Gasteiger partial charge < -0.3 is 10.2 Å². The summed E-state index contributed by atoms with van der Waals surface area (Å²) in [7, 11) is 0. The predicted octanol–water partition coefficient (Wildman–Crippen LogP) is 3.99. The standard InChI is InChI=1S/C24H28N8O/c1-16-28-29-22-23(33)32(19-7-3-4-8-19)21-20(31(16)22)15-25-24(27-21)26-17-9-11-18(12-10-17)30-13-5-2-6-14-30/h9-12,15,19H,2-8,13-14H2,1H3,(H,25,26,27). The maximum atomic E-state index is 13.4. The van der Waals surface area contributed by atoms with Crippen LogP contribution in [0.2, 0.25) is 0 Å². The zero-order valence-electron chi connectivity index (χ0n) is 18.9. The lowest BCUT2D eigenvalue weighted by molar-refractivity contribution is 0.515. The molecule has 1 saturated heterocycles. The summed E-state index contributed by atoms with van der Waals surface area (Å²) in [5.74, 6) is 1.13. The van der Waals surface area contributed by atoms with Gasteiger partial charge in [-0.3, -0.25) is 13.8 Å². The fourth-order valence-corrected chi connectivity index (χ4v) is 5.29. The highest BCUT2D eigenvalue weighted by Gasteiger charge is 2.25. The normalized spacial score (nSPS) is 17.3. The highest BCUT2D eigenvalue weighted by atomic mass is 16.1. The Morgan fingerprint density at radius 2 is 1.70 bits per heavy atom. The number of piperidine rings is 1. The predicted molar refractivity (Wildman–Crippen MR) is 128 cm³/mol. The molecule has 0 radical (unpaired) electrons. The maximum absolute atomic E-state index is 13.4. The van der Waals surface area contributed by atoms with Crippen molar-refractivity contribution >= 4 is 34.1 Å². The van der Waals surface area contributed by atoms with Crippen molar-refractivity contribution in [3.05, 3.63) is 46.6 Å². The van der Waals surface area contributed by atoms with Gasteiger partial charge in [-0.15, -0.1) is 10.2 Å². The van der Waals surface area contributed by atoms with Crippen molar-refractivity contribution in [2.75, 3.05) is 23.3 Å². The molecule has 1 aliphatic heterocycles. The summed E-state index contributed by atoms with van der Waals surface area (Å²) in [6.07, 6.45) is 9.79. The summed E-state index contributed by atoms with van der Waals surface area (Å²) in [6, 6.07) is 8.55. The first kappa shape index (κ1) is 20.1. The first-order valence-corrected chi connectivity index (χ1v) is 11.9.